The summed E-state index contributed by atoms with van der Waals surface area (Å²) >= 11 is 0. The highest BCUT2D eigenvalue weighted by molar-refractivity contribution is 5.93. The van der Waals surface area contributed by atoms with E-state index in [2.05, 4.69) is 19.8 Å². The van der Waals surface area contributed by atoms with Gasteiger partial charge in [0.05, 0.1) is 17.8 Å². The van der Waals surface area contributed by atoms with E-state index in [1.807, 2.05) is 6.92 Å². The van der Waals surface area contributed by atoms with Gasteiger partial charge in [0.2, 0.25) is 5.82 Å². The zero-order chi connectivity index (χ0) is 18.9. The number of carbonyl (C=O) groups is 1. The minimum absolute atomic E-state index is 0.146. The Morgan fingerprint density at radius 2 is 1.96 bits per heavy atom. The lowest BCUT2D eigenvalue weighted by Gasteiger charge is -2.03. The number of nitrogens with zero attached hydrogens (tertiary/aromatic N) is 4. The molecule has 1 amide bonds. The molecule has 10 heteroatoms. The maximum Gasteiger partial charge on any atom is 0.471 e. The third kappa shape index (κ3) is 3.58. The second-order valence-corrected chi connectivity index (χ2v) is 5.52. The highest BCUT2D eigenvalue weighted by atomic mass is 19.4. The quantitative estimate of drug-likeness (QED) is 0.749. The second-order valence-electron chi connectivity index (χ2n) is 5.52. The summed E-state index contributed by atoms with van der Waals surface area (Å²) < 4.78 is 43.3. The molecule has 136 valence electrons. The summed E-state index contributed by atoms with van der Waals surface area (Å²) in [5.74, 6) is -2.08. The van der Waals surface area contributed by atoms with Gasteiger partial charge in [0.25, 0.3) is 5.91 Å². The summed E-state index contributed by atoms with van der Waals surface area (Å²) in [6.07, 6.45) is -2.53. The van der Waals surface area contributed by atoms with Gasteiger partial charge in [-0.15, -0.1) is 0 Å². The Morgan fingerprint density at radius 1 is 1.27 bits per heavy atom. The topological polar surface area (TPSA) is 99.8 Å². The maximum atomic E-state index is 12.5. The molecule has 0 spiro atoms. The van der Waals surface area contributed by atoms with Gasteiger partial charge in [-0.3, -0.25) is 9.48 Å². The van der Waals surface area contributed by atoms with Gasteiger partial charge >= 0.3 is 12.1 Å². The second kappa shape index (κ2) is 6.62. The first-order valence-electron chi connectivity index (χ1n) is 7.64. The molecule has 2 aromatic heterocycles. The number of hydrogen-bond donors (Lipinski definition) is 1. The molecule has 3 aromatic rings. The third-order valence-corrected chi connectivity index (χ3v) is 3.66. The standard InChI is InChI=1S/C16H14F3N5O2/c1-2-12-11(13(20)25)8-24(22-12)7-9-3-5-10(6-4-9)14-21-15(26-23-14)16(17,18)19/h3-6,8H,2,7H2,1H3,(H2,20,25). The van der Waals surface area contributed by atoms with Crippen LogP contribution in [-0.4, -0.2) is 25.8 Å². The molecule has 2 N–H and O–H groups in total. The van der Waals surface area contributed by atoms with Gasteiger partial charge in [-0.2, -0.15) is 23.3 Å². The Kier molecular flexibility index (Phi) is 4.49. The van der Waals surface area contributed by atoms with Crippen LogP contribution >= 0.6 is 0 Å². The molecule has 0 fully saturated rings. The molecule has 0 saturated carbocycles. The van der Waals surface area contributed by atoms with Crippen molar-refractivity contribution < 1.29 is 22.5 Å². The van der Waals surface area contributed by atoms with Crippen LogP contribution in [0.2, 0.25) is 0 Å². The van der Waals surface area contributed by atoms with Crippen molar-refractivity contribution in [1.82, 2.24) is 19.9 Å². The van der Waals surface area contributed by atoms with Crippen LogP contribution in [0.5, 0.6) is 0 Å². The van der Waals surface area contributed by atoms with Crippen LogP contribution in [-0.2, 0) is 19.1 Å². The zero-order valence-electron chi connectivity index (χ0n) is 13.6. The number of hydrogen-bond acceptors (Lipinski definition) is 5. The van der Waals surface area contributed by atoms with Crippen molar-refractivity contribution >= 4 is 5.91 Å². The average molecular weight is 365 g/mol. The maximum absolute atomic E-state index is 12.5. The lowest BCUT2D eigenvalue weighted by Crippen LogP contribution is -2.12. The van der Waals surface area contributed by atoms with Crippen LogP contribution in [0.4, 0.5) is 13.2 Å². The predicted octanol–water partition coefficient (Wildman–Crippen LogP) is 2.66. The number of rotatable bonds is 5. The lowest BCUT2D eigenvalue weighted by atomic mass is 10.1. The molecule has 1 aromatic carbocycles. The summed E-state index contributed by atoms with van der Waals surface area (Å²) in [6, 6.07) is 6.57. The van der Waals surface area contributed by atoms with Crippen molar-refractivity contribution in [3.8, 4) is 11.4 Å². The number of amides is 1. The van der Waals surface area contributed by atoms with Crippen molar-refractivity contribution in [2.45, 2.75) is 26.1 Å². The van der Waals surface area contributed by atoms with E-state index >= 15 is 0 Å². The number of halogens is 3. The van der Waals surface area contributed by atoms with Gasteiger partial charge in [0, 0.05) is 11.8 Å². The summed E-state index contributed by atoms with van der Waals surface area (Å²) in [5, 5.41) is 7.64. The minimum atomic E-state index is -4.68. The van der Waals surface area contributed by atoms with E-state index in [0.29, 0.717) is 29.8 Å². The monoisotopic (exact) mass is 365 g/mol. The third-order valence-electron chi connectivity index (χ3n) is 3.66. The van der Waals surface area contributed by atoms with E-state index in [1.54, 1.807) is 35.1 Å². The largest absolute Gasteiger partial charge is 0.471 e. The molecule has 2 heterocycles. The summed E-state index contributed by atoms with van der Waals surface area (Å²) in [6.45, 7) is 2.24. The molecule has 0 bridgehead atoms. The molecular formula is C16H14F3N5O2. The Hall–Kier alpha value is -3.17. The Bertz CT molecular complexity index is 928. The number of nitrogens with two attached hydrogens (primary N) is 1. The first-order valence-corrected chi connectivity index (χ1v) is 7.64. The van der Waals surface area contributed by atoms with E-state index in [1.165, 1.54) is 0 Å². The van der Waals surface area contributed by atoms with Gasteiger partial charge in [0.1, 0.15) is 0 Å². The molecule has 0 aliphatic rings. The smallest absolute Gasteiger partial charge is 0.365 e. The van der Waals surface area contributed by atoms with Crippen molar-refractivity contribution in [2.75, 3.05) is 0 Å². The zero-order valence-corrected chi connectivity index (χ0v) is 13.6. The number of alkyl halides is 3. The van der Waals surface area contributed by atoms with Gasteiger partial charge < -0.3 is 10.3 Å². The first kappa shape index (κ1) is 17.6. The number of aryl methyl sites for hydroxylation is 1. The SMILES string of the molecule is CCc1nn(Cc2ccc(-c3noc(C(F)(F)F)n3)cc2)cc1C(N)=O. The van der Waals surface area contributed by atoms with Gasteiger partial charge in [-0.1, -0.05) is 36.3 Å². The molecule has 0 atom stereocenters. The number of primary amides is 1. The van der Waals surface area contributed by atoms with Gasteiger partial charge in [-0.25, -0.2) is 0 Å². The molecular weight excluding hydrogens is 351 g/mol. The molecule has 0 unspecified atom stereocenters. The van der Waals surface area contributed by atoms with E-state index in [9.17, 15) is 18.0 Å². The molecule has 7 nitrogen and oxygen atoms in total. The fraction of sp³-hybridized carbons (Fsp3) is 0.250. The fourth-order valence-electron chi connectivity index (χ4n) is 2.41. The molecule has 0 aliphatic carbocycles. The van der Waals surface area contributed by atoms with Crippen molar-refractivity contribution in [1.29, 1.82) is 0 Å². The lowest BCUT2D eigenvalue weighted by molar-refractivity contribution is -0.159. The average Bonchev–Trinajstić information content (AvgIpc) is 3.22. The minimum Gasteiger partial charge on any atom is -0.365 e. The number of carbonyl (C=O) groups excluding carboxylic acids is 1. The van der Waals surface area contributed by atoms with Crippen LogP contribution in [0.3, 0.4) is 0 Å². The number of aromatic nitrogens is 4. The Morgan fingerprint density at radius 3 is 2.46 bits per heavy atom. The summed E-state index contributed by atoms with van der Waals surface area (Å²) in [5.41, 5.74) is 7.52. The van der Waals surface area contributed by atoms with E-state index in [4.69, 9.17) is 5.73 Å². The highest BCUT2D eigenvalue weighted by Crippen LogP contribution is 2.29. The van der Waals surface area contributed by atoms with Crippen molar-refractivity contribution in [2.24, 2.45) is 5.73 Å². The molecule has 0 saturated heterocycles. The van der Waals surface area contributed by atoms with Crippen molar-refractivity contribution in [3.63, 3.8) is 0 Å². The molecule has 3 rings (SSSR count). The van der Waals surface area contributed by atoms with Crippen LogP contribution in [0.1, 0.15) is 34.4 Å². The highest BCUT2D eigenvalue weighted by Gasteiger charge is 2.38. The van der Waals surface area contributed by atoms with Crippen LogP contribution < -0.4 is 5.73 Å². The predicted molar refractivity (Wildman–Crippen MR) is 84.0 cm³/mol. The normalized spacial score (nSPS) is 11.7. The van der Waals surface area contributed by atoms with E-state index in [-0.39, 0.29) is 5.82 Å². The first-order chi connectivity index (χ1) is 12.3. The van der Waals surface area contributed by atoms with Gasteiger partial charge in [0.15, 0.2) is 0 Å². The Labute approximate surface area is 145 Å². The van der Waals surface area contributed by atoms with Gasteiger partial charge in [-0.05, 0) is 12.0 Å². The van der Waals surface area contributed by atoms with Crippen LogP contribution in [0, 0.1) is 0 Å². The van der Waals surface area contributed by atoms with E-state index < -0.39 is 18.0 Å². The van der Waals surface area contributed by atoms with Crippen LogP contribution in [0.25, 0.3) is 11.4 Å². The molecule has 0 aliphatic heterocycles. The van der Waals surface area contributed by atoms with Crippen LogP contribution in [0.15, 0.2) is 35.0 Å². The Balaban J connectivity index is 1.78. The number of benzene rings is 1. The fourth-order valence-corrected chi connectivity index (χ4v) is 2.41. The summed E-state index contributed by atoms with van der Waals surface area (Å²) in [4.78, 5) is 14.7. The van der Waals surface area contributed by atoms with E-state index in [0.717, 1.165) is 5.56 Å². The van der Waals surface area contributed by atoms with Crippen molar-refractivity contribution in [3.05, 3.63) is 53.2 Å². The molecule has 26 heavy (non-hydrogen) atoms. The molecule has 0 radical (unpaired) electrons. The summed E-state index contributed by atoms with van der Waals surface area (Å²) in [7, 11) is 0.